The lowest BCUT2D eigenvalue weighted by molar-refractivity contribution is 0.406. The molecule has 3 nitrogen and oxygen atoms in total. The number of aromatic nitrogens is 3. The predicted octanol–water partition coefficient (Wildman–Crippen LogP) is 13.9. The monoisotopic (exact) mass is 766 g/mol. The quantitative estimate of drug-likeness (QED) is 0.148. The third kappa shape index (κ3) is 22.1. The Morgan fingerprint density at radius 1 is 0.333 bits per heavy atom. The fourth-order valence-electron chi connectivity index (χ4n) is 5.80. The zero-order valence-corrected chi connectivity index (χ0v) is 38.3. The molecule has 5 aromatic rings. The van der Waals surface area contributed by atoms with Gasteiger partial charge in [0.15, 0.2) is 0 Å². The first-order valence-electron chi connectivity index (χ1n) is 21.4. The number of pyridine rings is 3. The molecule has 5 rings (SSSR count). The van der Waals surface area contributed by atoms with Gasteiger partial charge in [-0.25, -0.2) is 0 Å². The average molecular weight is 766 g/mol. The molecule has 0 unspecified atom stereocenters. The van der Waals surface area contributed by atoms with Crippen LogP contribution in [-0.4, -0.2) is 15.0 Å². The van der Waals surface area contributed by atoms with Gasteiger partial charge in [0.1, 0.15) is 0 Å². The summed E-state index contributed by atoms with van der Waals surface area (Å²) in [5.41, 5.74) is 13.4. The maximum atomic E-state index is 4.43. The Kier molecular flexibility index (Phi) is 20.7. The number of benzene rings is 2. The molecule has 57 heavy (non-hydrogen) atoms. The summed E-state index contributed by atoms with van der Waals surface area (Å²) in [7, 11) is 0. The molecular weight excluding hydrogens is 691 g/mol. The van der Waals surface area contributed by atoms with E-state index in [4.69, 9.17) is 0 Å². The lowest BCUT2D eigenvalue weighted by Crippen LogP contribution is -2.10. The van der Waals surface area contributed by atoms with Crippen LogP contribution in [0.3, 0.4) is 0 Å². The second kappa shape index (κ2) is 24.3. The van der Waals surface area contributed by atoms with Gasteiger partial charge in [-0.05, 0) is 138 Å². The van der Waals surface area contributed by atoms with Crippen LogP contribution in [0.15, 0.2) is 104 Å². The zero-order chi connectivity index (χ0) is 42.5. The van der Waals surface area contributed by atoms with Crippen LogP contribution < -0.4 is 0 Å². The number of nitrogens with zero attached hydrogens (tertiary/aromatic N) is 3. The van der Waals surface area contributed by atoms with E-state index < -0.39 is 0 Å². The molecule has 0 aliphatic carbocycles. The van der Waals surface area contributed by atoms with Gasteiger partial charge in [-0.1, -0.05) is 151 Å². The lowest BCUT2D eigenvalue weighted by Gasteiger charge is -2.17. The summed E-state index contributed by atoms with van der Waals surface area (Å²) in [6.45, 7) is 30.9. The van der Waals surface area contributed by atoms with Crippen LogP contribution >= 0.6 is 0 Å². The van der Waals surface area contributed by atoms with Crippen LogP contribution in [0.4, 0.5) is 0 Å². The van der Waals surface area contributed by atoms with Gasteiger partial charge in [-0.3, -0.25) is 15.0 Å². The molecule has 0 aliphatic heterocycles. The summed E-state index contributed by atoms with van der Waals surface area (Å²) < 4.78 is 0. The standard InChI is InChI=1S/C18H18.3C12H19N/c1-3-15-5-9-17(10-6-15)13-14-18-11-7-16(4-2)8-12-18;1-5-11-7-6-10(9-13-11)8-12(2,3)4;2*1-5-10-6-7-11(13-9-10)8-12(2,3)4/h5-12H,3-4H2,1-2H3;3*6-7,9H,5,8H2,1-4H3. The molecule has 0 atom stereocenters. The van der Waals surface area contributed by atoms with Crippen molar-refractivity contribution >= 4 is 0 Å². The molecule has 0 N–H and O–H groups in total. The molecule has 0 fully saturated rings. The molecule has 0 radical (unpaired) electrons. The number of aryl methyl sites for hydroxylation is 5. The van der Waals surface area contributed by atoms with Gasteiger partial charge in [0, 0.05) is 46.8 Å². The van der Waals surface area contributed by atoms with E-state index in [1.165, 1.54) is 44.9 Å². The molecule has 0 saturated carbocycles. The predicted molar refractivity (Wildman–Crippen MR) is 248 cm³/mol. The largest absolute Gasteiger partial charge is 0.261 e. The zero-order valence-electron chi connectivity index (χ0n) is 38.3. The molecule has 0 saturated heterocycles. The van der Waals surface area contributed by atoms with Gasteiger partial charge in [0.05, 0.1) is 0 Å². The number of hydrogen-bond acceptors (Lipinski definition) is 3. The molecule has 0 aliphatic rings. The number of hydrogen-bond donors (Lipinski definition) is 0. The van der Waals surface area contributed by atoms with Crippen molar-refractivity contribution in [2.75, 3.05) is 0 Å². The Balaban J connectivity index is 0.000000266. The summed E-state index contributed by atoms with van der Waals surface area (Å²) in [6, 6.07) is 29.9. The van der Waals surface area contributed by atoms with Crippen LogP contribution in [-0.2, 0) is 51.4 Å². The number of rotatable bonds is 8. The van der Waals surface area contributed by atoms with Crippen molar-refractivity contribution in [2.24, 2.45) is 16.2 Å². The average Bonchev–Trinajstić information content (AvgIpc) is 3.17. The van der Waals surface area contributed by atoms with E-state index in [2.05, 4.69) is 209 Å². The molecular formula is C54H75N3. The normalized spacial score (nSPS) is 11.1. The summed E-state index contributed by atoms with van der Waals surface area (Å²) in [5, 5.41) is 0. The van der Waals surface area contributed by atoms with E-state index in [1.54, 1.807) is 0 Å². The smallest absolute Gasteiger partial charge is 0.0409 e. The lowest BCUT2D eigenvalue weighted by atomic mass is 9.89. The third-order valence-electron chi connectivity index (χ3n) is 9.07. The molecule has 306 valence electrons. The fourth-order valence-corrected chi connectivity index (χ4v) is 5.80. The van der Waals surface area contributed by atoms with Gasteiger partial charge in [-0.2, -0.15) is 0 Å². The van der Waals surface area contributed by atoms with Gasteiger partial charge in [-0.15, -0.1) is 0 Å². The summed E-state index contributed by atoms with van der Waals surface area (Å²) in [6.07, 6.45) is 14.5. The topological polar surface area (TPSA) is 38.7 Å². The molecule has 0 bridgehead atoms. The van der Waals surface area contributed by atoms with Crippen LogP contribution in [0, 0.1) is 28.1 Å². The first kappa shape index (κ1) is 48.6. The van der Waals surface area contributed by atoms with E-state index in [0.717, 1.165) is 62.5 Å². The molecule has 2 aromatic carbocycles. The Hall–Kier alpha value is -4.55. The van der Waals surface area contributed by atoms with Crippen LogP contribution in [0.2, 0.25) is 0 Å². The van der Waals surface area contributed by atoms with E-state index in [1.807, 2.05) is 18.6 Å². The van der Waals surface area contributed by atoms with Crippen LogP contribution in [0.25, 0.3) is 0 Å². The van der Waals surface area contributed by atoms with Crippen molar-refractivity contribution in [1.82, 2.24) is 15.0 Å². The highest BCUT2D eigenvalue weighted by molar-refractivity contribution is 5.44. The van der Waals surface area contributed by atoms with Gasteiger partial charge in [0.25, 0.3) is 0 Å². The summed E-state index contributed by atoms with van der Waals surface area (Å²) in [5.74, 6) is 6.40. The minimum absolute atomic E-state index is 0.334. The summed E-state index contributed by atoms with van der Waals surface area (Å²) >= 11 is 0. The highest BCUT2D eigenvalue weighted by Gasteiger charge is 2.13. The van der Waals surface area contributed by atoms with Crippen molar-refractivity contribution in [3.63, 3.8) is 0 Å². The van der Waals surface area contributed by atoms with E-state index >= 15 is 0 Å². The first-order chi connectivity index (χ1) is 26.8. The molecule has 3 aromatic heterocycles. The van der Waals surface area contributed by atoms with E-state index in [-0.39, 0.29) is 0 Å². The van der Waals surface area contributed by atoms with Crippen LogP contribution in [0.5, 0.6) is 0 Å². The minimum Gasteiger partial charge on any atom is -0.261 e. The maximum Gasteiger partial charge on any atom is 0.0409 e. The van der Waals surface area contributed by atoms with Crippen molar-refractivity contribution < 1.29 is 0 Å². The van der Waals surface area contributed by atoms with E-state index in [0.29, 0.717) is 16.2 Å². The van der Waals surface area contributed by atoms with Crippen molar-refractivity contribution in [3.05, 3.63) is 160 Å². The van der Waals surface area contributed by atoms with Gasteiger partial charge < -0.3 is 0 Å². The SMILES string of the molecule is CCc1ccc(C#Cc2ccc(CC)cc2)cc1.CCc1ccc(CC(C)(C)C)cn1.CCc1ccc(CC(C)(C)C)nc1.CCc1ccc(CC(C)(C)C)nc1. The third-order valence-corrected chi connectivity index (χ3v) is 9.07. The Morgan fingerprint density at radius 2 is 0.632 bits per heavy atom. The maximum absolute atomic E-state index is 4.43. The highest BCUT2D eigenvalue weighted by Crippen LogP contribution is 2.21. The first-order valence-corrected chi connectivity index (χ1v) is 21.4. The van der Waals surface area contributed by atoms with Gasteiger partial charge >= 0.3 is 0 Å². The van der Waals surface area contributed by atoms with Gasteiger partial charge in [0.2, 0.25) is 0 Å². The Morgan fingerprint density at radius 3 is 0.895 bits per heavy atom. The summed E-state index contributed by atoms with van der Waals surface area (Å²) in [4.78, 5) is 13.3. The Labute approximate surface area is 349 Å². The molecule has 0 spiro atoms. The van der Waals surface area contributed by atoms with Crippen molar-refractivity contribution in [1.29, 1.82) is 0 Å². The molecule has 3 heterocycles. The second-order valence-electron chi connectivity index (χ2n) is 18.6. The fraction of sp³-hybridized carbons (Fsp3) is 0.463. The van der Waals surface area contributed by atoms with Crippen molar-refractivity contribution in [2.45, 2.75) is 148 Å². The molecule has 3 heteroatoms. The Bertz CT molecular complexity index is 1670. The highest BCUT2D eigenvalue weighted by atomic mass is 14.7. The minimum atomic E-state index is 0.334. The second-order valence-corrected chi connectivity index (χ2v) is 18.6. The molecule has 0 amide bonds. The van der Waals surface area contributed by atoms with E-state index in [9.17, 15) is 0 Å². The van der Waals surface area contributed by atoms with Crippen LogP contribution in [0.1, 0.15) is 153 Å². The van der Waals surface area contributed by atoms with Crippen molar-refractivity contribution in [3.8, 4) is 11.8 Å².